The van der Waals surface area contributed by atoms with E-state index in [1.54, 1.807) is 12.1 Å². The fraction of sp³-hybridized carbons (Fsp3) is 0.529. The highest BCUT2D eigenvalue weighted by Gasteiger charge is 2.29. The van der Waals surface area contributed by atoms with Gasteiger partial charge in [-0.05, 0) is 37.8 Å². The summed E-state index contributed by atoms with van der Waals surface area (Å²) in [7, 11) is 0. The van der Waals surface area contributed by atoms with Crippen LogP contribution in [0.4, 0.5) is 0 Å². The average Bonchev–Trinajstić information content (AvgIpc) is 2.82. The summed E-state index contributed by atoms with van der Waals surface area (Å²) in [6.07, 6.45) is 6.00. The number of carboxylic acid groups (broad SMARTS) is 1. The SMILES string of the molecule is CCC1CCCCC1n1c(C)nc2cccc(C(=O)O)c21. The molecule has 3 rings (SSSR count). The number of aromatic carboxylic acids is 1. The summed E-state index contributed by atoms with van der Waals surface area (Å²) < 4.78 is 2.20. The van der Waals surface area contributed by atoms with Gasteiger partial charge >= 0.3 is 5.97 Å². The van der Waals surface area contributed by atoms with Gasteiger partial charge in [0.05, 0.1) is 16.6 Å². The van der Waals surface area contributed by atoms with Crippen molar-refractivity contribution in [3.8, 4) is 0 Å². The van der Waals surface area contributed by atoms with E-state index in [4.69, 9.17) is 0 Å². The number of carboxylic acids is 1. The number of aromatic nitrogens is 2. The normalized spacial score (nSPS) is 22.6. The maximum Gasteiger partial charge on any atom is 0.337 e. The summed E-state index contributed by atoms with van der Waals surface area (Å²) >= 11 is 0. The Morgan fingerprint density at radius 1 is 1.38 bits per heavy atom. The van der Waals surface area contributed by atoms with Gasteiger partial charge in [0.1, 0.15) is 5.82 Å². The van der Waals surface area contributed by atoms with Crippen LogP contribution in [0.15, 0.2) is 18.2 Å². The van der Waals surface area contributed by atoms with Crippen LogP contribution in [0, 0.1) is 12.8 Å². The number of aryl methyl sites for hydroxylation is 1. The lowest BCUT2D eigenvalue weighted by molar-refractivity contribution is 0.0698. The zero-order chi connectivity index (χ0) is 15.0. The number of imidazole rings is 1. The van der Waals surface area contributed by atoms with Crippen molar-refractivity contribution in [1.82, 2.24) is 9.55 Å². The molecule has 112 valence electrons. The molecule has 2 aromatic rings. The van der Waals surface area contributed by atoms with Gasteiger partial charge in [-0.2, -0.15) is 0 Å². The number of benzene rings is 1. The monoisotopic (exact) mass is 286 g/mol. The second kappa shape index (κ2) is 5.51. The minimum atomic E-state index is -0.870. The highest BCUT2D eigenvalue weighted by Crippen LogP contribution is 2.39. The molecule has 1 saturated carbocycles. The van der Waals surface area contributed by atoms with E-state index in [0.29, 0.717) is 17.5 Å². The third-order valence-corrected chi connectivity index (χ3v) is 4.84. The second-order valence-corrected chi connectivity index (χ2v) is 6.03. The van der Waals surface area contributed by atoms with E-state index in [-0.39, 0.29) is 0 Å². The molecule has 1 aromatic heterocycles. The maximum atomic E-state index is 11.6. The number of para-hydroxylation sites is 1. The van der Waals surface area contributed by atoms with Crippen molar-refractivity contribution in [2.24, 2.45) is 5.92 Å². The number of fused-ring (bicyclic) bond motifs is 1. The largest absolute Gasteiger partial charge is 0.478 e. The molecule has 0 aliphatic heterocycles. The van der Waals surface area contributed by atoms with Crippen molar-refractivity contribution in [2.75, 3.05) is 0 Å². The number of carbonyl (C=O) groups is 1. The topological polar surface area (TPSA) is 55.1 Å². The first-order chi connectivity index (χ1) is 10.1. The van der Waals surface area contributed by atoms with E-state index >= 15 is 0 Å². The molecule has 21 heavy (non-hydrogen) atoms. The molecule has 1 aliphatic carbocycles. The van der Waals surface area contributed by atoms with Crippen molar-refractivity contribution in [1.29, 1.82) is 0 Å². The van der Waals surface area contributed by atoms with Gasteiger partial charge in [-0.1, -0.05) is 32.3 Å². The summed E-state index contributed by atoms with van der Waals surface area (Å²) in [6.45, 7) is 4.22. The molecule has 1 fully saturated rings. The Kier molecular flexibility index (Phi) is 3.70. The molecule has 4 heteroatoms. The lowest BCUT2D eigenvalue weighted by Gasteiger charge is -2.33. The van der Waals surface area contributed by atoms with Gasteiger partial charge in [0, 0.05) is 6.04 Å². The standard InChI is InChI=1S/C17H22N2O2/c1-3-12-7-4-5-10-15(12)19-11(2)18-14-9-6-8-13(16(14)19)17(20)21/h6,8-9,12,15H,3-5,7,10H2,1-2H3,(H,20,21). The van der Waals surface area contributed by atoms with Crippen LogP contribution in [-0.4, -0.2) is 20.6 Å². The summed E-state index contributed by atoms with van der Waals surface area (Å²) in [5, 5.41) is 9.50. The van der Waals surface area contributed by atoms with E-state index in [0.717, 1.165) is 29.7 Å². The highest BCUT2D eigenvalue weighted by molar-refractivity contribution is 6.01. The van der Waals surface area contributed by atoms with Gasteiger partial charge in [-0.15, -0.1) is 0 Å². The van der Waals surface area contributed by atoms with E-state index < -0.39 is 5.97 Å². The van der Waals surface area contributed by atoms with Crippen LogP contribution >= 0.6 is 0 Å². The third kappa shape index (κ3) is 2.33. The molecule has 0 amide bonds. The Balaban J connectivity index is 2.21. The van der Waals surface area contributed by atoms with Crippen molar-refractivity contribution >= 4 is 17.0 Å². The first kappa shape index (κ1) is 14.1. The van der Waals surface area contributed by atoms with Crippen molar-refractivity contribution < 1.29 is 9.90 Å². The number of hydrogen-bond acceptors (Lipinski definition) is 2. The maximum absolute atomic E-state index is 11.6. The number of rotatable bonds is 3. The van der Waals surface area contributed by atoms with Crippen LogP contribution in [-0.2, 0) is 0 Å². The zero-order valence-corrected chi connectivity index (χ0v) is 12.7. The predicted octanol–water partition coefficient (Wildman–Crippen LogP) is 4.18. The van der Waals surface area contributed by atoms with Gasteiger partial charge in [-0.25, -0.2) is 9.78 Å². The van der Waals surface area contributed by atoms with Gasteiger partial charge in [0.15, 0.2) is 0 Å². The Labute approximate surface area is 124 Å². The van der Waals surface area contributed by atoms with Crippen molar-refractivity contribution in [3.05, 3.63) is 29.6 Å². The summed E-state index contributed by atoms with van der Waals surface area (Å²) in [4.78, 5) is 16.2. The average molecular weight is 286 g/mol. The molecular weight excluding hydrogens is 264 g/mol. The molecule has 2 atom stereocenters. The summed E-state index contributed by atoms with van der Waals surface area (Å²) in [5.74, 6) is 0.686. The van der Waals surface area contributed by atoms with Crippen LogP contribution in [0.2, 0.25) is 0 Å². The number of hydrogen-bond donors (Lipinski definition) is 1. The molecule has 1 N–H and O–H groups in total. The quantitative estimate of drug-likeness (QED) is 0.920. The molecule has 0 saturated heterocycles. The van der Waals surface area contributed by atoms with Gasteiger partial charge in [0.25, 0.3) is 0 Å². The Morgan fingerprint density at radius 3 is 2.86 bits per heavy atom. The Hall–Kier alpha value is -1.84. The van der Waals surface area contributed by atoms with Crippen LogP contribution in [0.25, 0.3) is 11.0 Å². The molecule has 0 bridgehead atoms. The molecule has 0 spiro atoms. The summed E-state index contributed by atoms with van der Waals surface area (Å²) in [5.41, 5.74) is 1.97. The molecule has 0 radical (unpaired) electrons. The van der Waals surface area contributed by atoms with E-state index in [2.05, 4.69) is 16.5 Å². The third-order valence-electron chi connectivity index (χ3n) is 4.84. The van der Waals surface area contributed by atoms with Crippen LogP contribution in [0.5, 0.6) is 0 Å². The fourth-order valence-corrected chi connectivity index (χ4v) is 3.85. The van der Waals surface area contributed by atoms with Crippen LogP contribution in [0.3, 0.4) is 0 Å². The minimum Gasteiger partial charge on any atom is -0.478 e. The van der Waals surface area contributed by atoms with E-state index in [9.17, 15) is 9.90 Å². The zero-order valence-electron chi connectivity index (χ0n) is 12.7. The first-order valence-electron chi connectivity index (χ1n) is 7.84. The first-order valence-corrected chi connectivity index (χ1v) is 7.84. The lowest BCUT2D eigenvalue weighted by atomic mass is 9.82. The number of nitrogens with zero attached hydrogens (tertiary/aromatic N) is 2. The van der Waals surface area contributed by atoms with E-state index in [1.807, 2.05) is 13.0 Å². The molecular formula is C17H22N2O2. The Bertz CT molecular complexity index is 675. The fourth-order valence-electron chi connectivity index (χ4n) is 3.85. The molecule has 1 aromatic carbocycles. The van der Waals surface area contributed by atoms with Crippen molar-refractivity contribution in [2.45, 2.75) is 52.0 Å². The molecule has 1 heterocycles. The molecule has 1 aliphatic rings. The van der Waals surface area contributed by atoms with Crippen molar-refractivity contribution in [3.63, 3.8) is 0 Å². The van der Waals surface area contributed by atoms with Gasteiger partial charge < -0.3 is 9.67 Å². The lowest BCUT2D eigenvalue weighted by Crippen LogP contribution is -2.24. The minimum absolute atomic E-state index is 0.369. The molecule has 4 nitrogen and oxygen atoms in total. The van der Waals surface area contributed by atoms with Gasteiger partial charge in [0.2, 0.25) is 0 Å². The second-order valence-electron chi connectivity index (χ2n) is 6.03. The smallest absolute Gasteiger partial charge is 0.337 e. The van der Waals surface area contributed by atoms with Gasteiger partial charge in [-0.3, -0.25) is 0 Å². The Morgan fingerprint density at radius 2 is 2.14 bits per heavy atom. The van der Waals surface area contributed by atoms with Crippen LogP contribution < -0.4 is 0 Å². The molecule has 2 unspecified atom stereocenters. The summed E-state index contributed by atoms with van der Waals surface area (Å²) in [6, 6.07) is 5.76. The predicted molar refractivity (Wildman–Crippen MR) is 82.7 cm³/mol. The highest BCUT2D eigenvalue weighted by atomic mass is 16.4. The van der Waals surface area contributed by atoms with E-state index in [1.165, 1.54) is 19.3 Å². The van der Waals surface area contributed by atoms with Crippen LogP contribution in [0.1, 0.15) is 61.3 Å².